The Labute approximate surface area is 509 Å². The summed E-state index contributed by atoms with van der Waals surface area (Å²) in [6, 6.07) is 47.5. The third kappa shape index (κ3) is 35.5. The highest BCUT2D eigenvalue weighted by atomic mass is 79.9. The largest absolute Gasteiger partial charge is 0.399 e. The first-order valence-corrected chi connectivity index (χ1v) is 31.5. The highest BCUT2D eigenvalue weighted by molar-refractivity contribution is 9.10. The fraction of sp³-hybridized carbons (Fsp3) is 0.389. The second-order valence-corrected chi connectivity index (χ2v) is 25.1. The first kappa shape index (κ1) is 73.0. The molecule has 3 N–H and O–H groups in total. The lowest BCUT2D eigenvalue weighted by Crippen LogP contribution is -1.92. The van der Waals surface area contributed by atoms with Crippen molar-refractivity contribution in [2.75, 3.05) is 5.73 Å². The van der Waals surface area contributed by atoms with Crippen LogP contribution in [0, 0.1) is 5.92 Å². The van der Waals surface area contributed by atoms with Gasteiger partial charge in [0.2, 0.25) is 0 Å². The van der Waals surface area contributed by atoms with Crippen LogP contribution in [0.25, 0.3) is 0 Å². The van der Waals surface area contributed by atoms with E-state index < -0.39 is 0 Å². The lowest BCUT2D eigenvalue weighted by Gasteiger charge is -2.06. The molecular formula is C72H101BrN6S2. The number of pyridine rings is 3. The van der Waals surface area contributed by atoms with E-state index in [1.807, 2.05) is 90.9 Å². The smallest absolute Gasteiger partial charge is 0.0521 e. The number of aromatic nitrogens is 5. The van der Waals surface area contributed by atoms with Crippen molar-refractivity contribution >= 4 is 44.3 Å². The summed E-state index contributed by atoms with van der Waals surface area (Å²) in [5, 5.41) is 13.0. The first-order chi connectivity index (χ1) is 38.5. The molecule has 0 fully saturated rings. The minimum absolute atomic E-state index is 0.547. The summed E-state index contributed by atoms with van der Waals surface area (Å²) in [6.07, 6.45) is 14.2. The fourth-order valence-corrected chi connectivity index (χ4v) is 9.17. The van der Waals surface area contributed by atoms with E-state index >= 15 is 0 Å². The van der Waals surface area contributed by atoms with Crippen LogP contribution in [-0.2, 0) is 6.42 Å². The third-order valence-electron chi connectivity index (χ3n) is 12.1. The number of thiophene rings is 2. The molecule has 0 spiro atoms. The summed E-state index contributed by atoms with van der Waals surface area (Å²) in [6.45, 7) is 39.3. The Bertz CT molecular complexity index is 2560. The van der Waals surface area contributed by atoms with Gasteiger partial charge < -0.3 is 5.73 Å². The molecule has 0 aliphatic heterocycles. The molecule has 0 atom stereocenters. The Morgan fingerprint density at radius 2 is 0.988 bits per heavy atom. The van der Waals surface area contributed by atoms with E-state index in [-0.39, 0.29) is 0 Å². The van der Waals surface area contributed by atoms with Crippen molar-refractivity contribution in [1.82, 2.24) is 25.1 Å². The van der Waals surface area contributed by atoms with Crippen LogP contribution in [0.2, 0.25) is 0 Å². The molecule has 0 saturated carbocycles. The summed E-state index contributed by atoms with van der Waals surface area (Å²) in [7, 11) is 0. The summed E-state index contributed by atoms with van der Waals surface area (Å²) in [5.41, 5.74) is 17.0. The summed E-state index contributed by atoms with van der Waals surface area (Å²) in [5.74, 6) is 5.70. The topological polar surface area (TPSA) is 93.4 Å². The second-order valence-electron chi connectivity index (χ2n) is 22.4. The molecule has 0 radical (unpaired) electrons. The van der Waals surface area contributed by atoms with Gasteiger partial charge >= 0.3 is 0 Å². The minimum Gasteiger partial charge on any atom is -0.399 e. The van der Waals surface area contributed by atoms with Crippen LogP contribution in [0.4, 0.5) is 5.69 Å². The quantitative estimate of drug-likeness (QED) is 0.133. The number of hydrogen-bond donors (Lipinski definition) is 2. The van der Waals surface area contributed by atoms with Crippen molar-refractivity contribution in [3.8, 4) is 0 Å². The van der Waals surface area contributed by atoms with Gasteiger partial charge in [-0.25, -0.2) is 0 Å². The van der Waals surface area contributed by atoms with Crippen molar-refractivity contribution in [1.29, 1.82) is 0 Å². The Kier molecular flexibility index (Phi) is 39.4. The van der Waals surface area contributed by atoms with Crippen LogP contribution < -0.4 is 5.73 Å². The molecule has 3 aromatic carbocycles. The maximum Gasteiger partial charge on any atom is 0.0521 e. The lowest BCUT2D eigenvalue weighted by atomic mass is 10.0. The number of halogens is 1. The Balaban J connectivity index is 0.000000456. The summed E-state index contributed by atoms with van der Waals surface area (Å²) >= 11 is 7.10. The van der Waals surface area contributed by atoms with Crippen LogP contribution in [0.3, 0.4) is 0 Å². The monoisotopic (exact) mass is 1190 g/mol. The highest BCUT2D eigenvalue weighted by Gasteiger charge is 2.02. The molecule has 0 saturated heterocycles. The Morgan fingerprint density at radius 1 is 0.444 bits per heavy atom. The van der Waals surface area contributed by atoms with Crippen LogP contribution in [0.1, 0.15) is 221 Å². The van der Waals surface area contributed by atoms with E-state index in [1.165, 1.54) is 54.7 Å². The van der Waals surface area contributed by atoms with E-state index in [9.17, 15) is 0 Å². The van der Waals surface area contributed by atoms with E-state index in [0.29, 0.717) is 47.3 Å². The molecule has 9 aromatic rings. The number of rotatable bonds is 10. The number of nitrogens with two attached hydrogens (primary N) is 1. The number of nitrogens with zero attached hydrogens (tertiary/aromatic N) is 4. The molecule has 0 amide bonds. The molecule has 81 heavy (non-hydrogen) atoms. The highest BCUT2D eigenvalue weighted by Crippen LogP contribution is 2.24. The normalized spacial score (nSPS) is 10.3. The molecule has 0 aliphatic carbocycles. The van der Waals surface area contributed by atoms with Gasteiger partial charge in [-0.2, -0.15) is 16.4 Å². The molecule has 0 aliphatic rings. The predicted molar refractivity (Wildman–Crippen MR) is 363 cm³/mol. The number of anilines is 1. The maximum atomic E-state index is 5.53. The van der Waals surface area contributed by atoms with Gasteiger partial charge in [0.05, 0.1) is 6.20 Å². The van der Waals surface area contributed by atoms with Crippen LogP contribution in [0.15, 0.2) is 204 Å². The van der Waals surface area contributed by atoms with Gasteiger partial charge in [-0.3, -0.25) is 20.1 Å². The molecule has 6 nitrogen and oxygen atoms in total. The van der Waals surface area contributed by atoms with Crippen molar-refractivity contribution in [3.63, 3.8) is 0 Å². The minimum atomic E-state index is 0.547. The molecule has 0 bridgehead atoms. The Hall–Kier alpha value is -6.00. The van der Waals surface area contributed by atoms with Gasteiger partial charge in [0.1, 0.15) is 0 Å². The third-order valence-corrected chi connectivity index (χ3v) is 14.7. The fourth-order valence-electron chi connectivity index (χ4n) is 6.86. The van der Waals surface area contributed by atoms with Gasteiger partial charge in [0.25, 0.3) is 0 Å². The number of hydrogen-bond acceptors (Lipinski definition) is 7. The van der Waals surface area contributed by atoms with Crippen LogP contribution in [-0.4, -0.2) is 25.1 Å². The molecule has 6 aromatic heterocycles. The zero-order valence-electron chi connectivity index (χ0n) is 52.5. The molecule has 6 heterocycles. The van der Waals surface area contributed by atoms with Gasteiger partial charge in [0.15, 0.2) is 0 Å². The molecule has 438 valence electrons. The summed E-state index contributed by atoms with van der Waals surface area (Å²) < 4.78 is 1.21. The zero-order chi connectivity index (χ0) is 60.5. The van der Waals surface area contributed by atoms with Crippen LogP contribution in [0.5, 0.6) is 0 Å². The summed E-state index contributed by atoms with van der Waals surface area (Å²) in [4.78, 5) is 13.7. The van der Waals surface area contributed by atoms with E-state index in [4.69, 9.17) is 5.73 Å². The first-order valence-electron chi connectivity index (χ1n) is 28.9. The molecule has 0 unspecified atom stereocenters. The average molecular weight is 1190 g/mol. The van der Waals surface area contributed by atoms with Crippen molar-refractivity contribution in [2.24, 2.45) is 5.92 Å². The molecular weight excluding hydrogens is 1090 g/mol. The van der Waals surface area contributed by atoms with Gasteiger partial charge in [0, 0.05) is 57.9 Å². The molecule has 9 rings (SSSR count). The van der Waals surface area contributed by atoms with Gasteiger partial charge in [-0.1, -0.05) is 225 Å². The lowest BCUT2D eigenvalue weighted by molar-refractivity contribution is 0.647. The zero-order valence-corrected chi connectivity index (χ0v) is 55.7. The molecule has 9 heteroatoms. The van der Waals surface area contributed by atoms with E-state index in [2.05, 4.69) is 273 Å². The van der Waals surface area contributed by atoms with Gasteiger partial charge in [-0.05, 0) is 169 Å². The number of nitrogens with one attached hydrogen (secondary N) is 1. The van der Waals surface area contributed by atoms with Gasteiger partial charge in [-0.15, -0.1) is 11.3 Å². The number of H-pyrrole nitrogens is 1. The SMILES string of the molecule is CC(C)Cc1ccccc1.CC(C)c1ccc(N)cc1.CC(C)c1ccccc1Br.CC(C)c1ccccn1.CC(C)c1cccnc1.CC(C)c1cccnc1.CC(C)c1cccs1.CC(C)c1ccsc1.CC(C)c1cn[nH]c1. The van der Waals surface area contributed by atoms with Crippen molar-refractivity contribution in [2.45, 2.75) is 178 Å². The maximum absolute atomic E-state index is 5.53. The van der Waals surface area contributed by atoms with Crippen LogP contribution >= 0.6 is 38.6 Å². The van der Waals surface area contributed by atoms with E-state index in [1.54, 1.807) is 23.7 Å². The standard InChI is InChI=1S/C10H14.C9H11Br.C9H13N.3C8H11N.2C7H10S.C6H10N2/c1-9(2)8-10-6-4-3-5-7-10;1-7(2)8-5-3-4-6-9(8)10;1-7(2)8-3-5-9(10)6-4-8;2*1-7(2)8-4-3-5-9-6-8;1-7(2)8-5-3-4-6-9-8;1-6(2)7-3-4-8-5-7;1-6(2)7-4-3-5-8-7;1-5(2)6-3-7-8-4-6/h3-7,9H,8H2,1-2H3;3-7H,1-2H3;3-7H,10H2,1-2H3;3*3-7H,1-2H3;2*3-6H,1-2H3;3-5H,1-2H3,(H,7,8). The Morgan fingerprint density at radius 3 is 1.30 bits per heavy atom. The number of aromatic amines is 1. The second kappa shape index (κ2) is 43.7. The average Bonchev–Trinajstić information content (AvgIpc) is 4.31. The van der Waals surface area contributed by atoms with Crippen molar-refractivity contribution < 1.29 is 0 Å². The predicted octanol–water partition coefficient (Wildman–Crippen LogP) is 22.7. The number of nitrogen functional groups attached to an aromatic ring is 1. The number of benzene rings is 3. The van der Waals surface area contributed by atoms with Crippen molar-refractivity contribution in [3.05, 3.63) is 253 Å². The van der Waals surface area contributed by atoms with E-state index in [0.717, 1.165) is 17.3 Å².